The highest BCUT2D eigenvalue weighted by molar-refractivity contribution is 6.00. The normalized spacial score (nSPS) is 25.0. The van der Waals surface area contributed by atoms with E-state index in [9.17, 15) is 33.9 Å². The summed E-state index contributed by atoms with van der Waals surface area (Å²) in [5.74, 6) is -8.99. The number of aliphatic hydroxyl groups excluding tert-OH is 1. The molecule has 1 aromatic heterocycles. The number of piperidine rings is 1. The Bertz CT molecular complexity index is 4160. The zero-order valence-electron chi connectivity index (χ0n) is 64.1. The molecule has 2 saturated heterocycles. The Morgan fingerprint density at radius 1 is 0.685 bits per heavy atom. The fourth-order valence-electron chi connectivity index (χ4n) is 15.2. The maximum Gasteiger partial charge on any atom is 0.246 e. The van der Waals surface area contributed by atoms with Gasteiger partial charge in [-0.15, -0.1) is 0 Å². The fourth-order valence-corrected chi connectivity index (χ4v) is 15.2. The van der Waals surface area contributed by atoms with E-state index in [1.807, 2.05) is 35.9 Å². The van der Waals surface area contributed by atoms with Crippen molar-refractivity contribution in [3.8, 4) is 5.75 Å². The van der Waals surface area contributed by atoms with Gasteiger partial charge in [-0.05, 0) is 156 Å². The third kappa shape index (κ3) is 22.5. The van der Waals surface area contributed by atoms with E-state index in [0.717, 1.165) is 29.0 Å². The number of hydrogen-bond acceptors (Lipinski definition) is 16. The largest absolute Gasteiger partial charge is 0.497 e. The lowest BCUT2D eigenvalue weighted by Crippen LogP contribution is -2.66. The van der Waals surface area contributed by atoms with Crippen LogP contribution in [0.25, 0.3) is 10.9 Å². The zero-order valence-corrected chi connectivity index (χ0v) is 64.1. The molecule has 3 unspecified atom stereocenters. The summed E-state index contributed by atoms with van der Waals surface area (Å²) in [4.78, 5) is 183. The molecular weight excluding hydrogens is 1430 g/mol. The number of benzene rings is 4. The van der Waals surface area contributed by atoms with E-state index in [4.69, 9.17) is 9.47 Å². The van der Waals surface area contributed by atoms with E-state index in [1.165, 1.54) is 38.0 Å². The Hall–Kier alpha value is -10.3. The van der Waals surface area contributed by atoms with Gasteiger partial charge >= 0.3 is 0 Å². The van der Waals surface area contributed by atoms with E-state index in [0.29, 0.717) is 103 Å². The number of nitrogens with one attached hydrogen (secondary N) is 10. The van der Waals surface area contributed by atoms with Crippen molar-refractivity contribution in [1.82, 2.24) is 72.4 Å². The van der Waals surface area contributed by atoms with Crippen LogP contribution < -0.4 is 57.9 Å². The molecule has 4 aromatic carbocycles. The molecule has 11 N–H and O–H groups in total. The molecule has 12 amide bonds. The van der Waals surface area contributed by atoms with Crippen molar-refractivity contribution in [2.75, 3.05) is 60.0 Å². The lowest BCUT2D eigenvalue weighted by Gasteiger charge is -2.42. The molecule has 6 aliphatic rings. The van der Waals surface area contributed by atoms with Gasteiger partial charge in [0.1, 0.15) is 66.0 Å². The van der Waals surface area contributed by atoms with Gasteiger partial charge in [-0.3, -0.25) is 57.5 Å². The average Bonchev–Trinajstić information content (AvgIpc) is 1.77. The third-order valence-electron chi connectivity index (χ3n) is 21.6. The molecule has 111 heavy (non-hydrogen) atoms. The molecule has 7 heterocycles. The number of aliphatic hydroxyl groups is 1. The summed E-state index contributed by atoms with van der Waals surface area (Å²) in [6.07, 6.45) is 3.27. The van der Waals surface area contributed by atoms with Crippen LogP contribution in [0.2, 0.25) is 0 Å². The second kappa shape index (κ2) is 39.5. The minimum atomic E-state index is -1.86. The maximum absolute atomic E-state index is 16.4. The number of nitrogens with zero attached hydrogens (tertiary/aromatic N) is 4. The standard InChI is InChI=1S/C81H107FN14O15/c1-50-73(102)91-64(46-86-67(98)19-9-8-10-34-83-4)75(104)88-61-42-55-16-13-17-56(40-55)45-85-69(100)49-111-66-18-14-38-95-72(66)77(106)92-71(51(2)97)76(105)90-62(41-53-24-27-59(110-5)28-25-53)79(108)96-39-15-33-81(96,3)80(109)84-35-32-52-20-22-54(23-21-52)47-94(70(101)31-30-68(99)87-50)37-12-7-6-11-36-93-48-57(43-63(78(95)107)89-74(61)103)60-44-58(82)26-29-65(60)93/h13,16-17,20-29,40,44,48,50-51,61-64,66,71-72,83,97H,6-12,14-15,18-19,30-39,41-43,45-47,49H2,1-5H3,(H,84,109)(H,85,100)(H,86,98)(H,87,99)(H,88,104)(H,89,103)(H,90,105)(H,91,102)(H,92,106)/t50-,51+,61-,62-,63-,64?,66-,71?,72?,81-/m0/s1. The number of carbonyl (C=O) groups excluding carboxylic acids is 12. The number of rotatable bonds is 12. The number of fused-ring (bicyclic) bond motifs is 16. The Morgan fingerprint density at radius 2 is 1.42 bits per heavy atom. The van der Waals surface area contributed by atoms with E-state index in [1.54, 1.807) is 72.6 Å². The van der Waals surface area contributed by atoms with Crippen molar-refractivity contribution in [3.05, 3.63) is 136 Å². The number of amides is 12. The van der Waals surface area contributed by atoms with Crippen LogP contribution in [0.5, 0.6) is 5.75 Å². The van der Waals surface area contributed by atoms with Gasteiger partial charge in [0.15, 0.2) is 0 Å². The molecule has 11 rings (SSSR count). The monoisotopic (exact) mass is 1530 g/mol. The highest BCUT2D eigenvalue weighted by Gasteiger charge is 2.49. The van der Waals surface area contributed by atoms with Gasteiger partial charge in [-0.25, -0.2) is 4.39 Å². The highest BCUT2D eigenvalue weighted by Crippen LogP contribution is 2.32. The molecule has 2 fully saturated rings. The minimum Gasteiger partial charge on any atom is -0.497 e. The van der Waals surface area contributed by atoms with E-state index in [2.05, 4.69) is 53.2 Å². The second-order valence-electron chi connectivity index (χ2n) is 29.9. The second-order valence-corrected chi connectivity index (χ2v) is 29.9. The van der Waals surface area contributed by atoms with Crippen LogP contribution in [-0.4, -0.2) is 215 Å². The van der Waals surface area contributed by atoms with Gasteiger partial charge in [0.25, 0.3) is 0 Å². The molecule has 6 aliphatic heterocycles. The number of halogens is 1. The van der Waals surface area contributed by atoms with Gasteiger partial charge in [0.05, 0.1) is 19.3 Å². The first-order chi connectivity index (χ1) is 53.4. The fraction of sp³-hybridized carbons (Fsp3) is 0.531. The van der Waals surface area contributed by atoms with Gasteiger partial charge < -0.3 is 87.0 Å². The van der Waals surface area contributed by atoms with Crippen LogP contribution in [0.15, 0.2) is 97.2 Å². The Labute approximate surface area is 646 Å². The van der Waals surface area contributed by atoms with Crippen molar-refractivity contribution in [3.63, 3.8) is 0 Å². The zero-order chi connectivity index (χ0) is 79.3. The molecule has 30 heteroatoms. The first-order valence-corrected chi connectivity index (χ1v) is 38.9. The predicted octanol–water partition coefficient (Wildman–Crippen LogP) is 2.46. The molecule has 5 aromatic rings. The average molecular weight is 1540 g/mol. The smallest absolute Gasteiger partial charge is 0.246 e. The van der Waals surface area contributed by atoms with Crippen LogP contribution in [0.1, 0.15) is 144 Å². The van der Waals surface area contributed by atoms with Crippen LogP contribution in [0.3, 0.4) is 0 Å². The molecule has 29 nitrogen and oxygen atoms in total. The molecule has 0 aliphatic carbocycles. The number of hydrogen-bond donors (Lipinski definition) is 11. The SMILES string of the molecule is CNCCCCCC(=O)NCC1NC(=O)[C@H](C)NC(=O)CCC(=O)N2CCCCCCn3cc(c4cc(F)ccc43)C[C@@H]3NC(=O)[C@H](Cc4cccc(c4)CNC(=O)CO[C@H]4CCCN(C3=O)C4C(=O)NC([C@@H](C)O)C(=O)N[C@@H](Cc3ccc(OC)cc3)C(=O)N3CCC[C@@]3(C)C(=O)NCCc3ccc(cc3)C2)NC1=O. The molecule has 598 valence electrons. The Morgan fingerprint density at radius 3 is 2.18 bits per heavy atom. The van der Waals surface area contributed by atoms with Gasteiger partial charge in [0.2, 0.25) is 70.9 Å². The number of aromatic nitrogens is 1. The van der Waals surface area contributed by atoms with Crippen molar-refractivity contribution in [2.45, 2.75) is 216 Å². The molecular formula is C81H107FN14O15. The van der Waals surface area contributed by atoms with Crippen molar-refractivity contribution >= 4 is 81.8 Å². The molecule has 0 spiro atoms. The number of carbonyl (C=O) groups is 12. The van der Waals surface area contributed by atoms with Crippen LogP contribution in [0, 0.1) is 5.82 Å². The van der Waals surface area contributed by atoms with Crippen LogP contribution in [0.4, 0.5) is 4.39 Å². The topological polar surface area (TPSA) is 378 Å². The summed E-state index contributed by atoms with van der Waals surface area (Å²) in [6.45, 7) is 4.82. The molecule has 10 atom stereocenters. The summed E-state index contributed by atoms with van der Waals surface area (Å²) in [7, 11) is 3.31. The summed E-state index contributed by atoms with van der Waals surface area (Å²) in [5, 5.41) is 40.3. The number of unbranched alkanes of at least 4 members (excludes halogenated alkanes) is 2. The van der Waals surface area contributed by atoms with Crippen LogP contribution >= 0.6 is 0 Å². The first kappa shape index (κ1) is 83.1. The van der Waals surface area contributed by atoms with E-state index < -0.39 is 144 Å². The Kier molecular flexibility index (Phi) is 29.6. The summed E-state index contributed by atoms with van der Waals surface area (Å²) in [5.41, 5.74) is 2.77. The van der Waals surface area contributed by atoms with Gasteiger partial charge in [0, 0.05) is 108 Å². The van der Waals surface area contributed by atoms with Crippen molar-refractivity contribution in [1.29, 1.82) is 0 Å². The number of aryl methyl sites for hydroxylation is 1. The first-order valence-electron chi connectivity index (χ1n) is 38.9. The molecule has 0 radical (unpaired) electrons. The van der Waals surface area contributed by atoms with E-state index >= 15 is 33.2 Å². The van der Waals surface area contributed by atoms with Crippen molar-refractivity contribution < 1.29 is 76.5 Å². The summed E-state index contributed by atoms with van der Waals surface area (Å²) >= 11 is 0. The minimum absolute atomic E-state index is 0.0602. The summed E-state index contributed by atoms with van der Waals surface area (Å²) < 4.78 is 29.6. The van der Waals surface area contributed by atoms with Gasteiger partial charge in [-0.1, -0.05) is 79.9 Å². The maximum atomic E-state index is 16.4. The molecule has 0 saturated carbocycles. The third-order valence-corrected chi connectivity index (χ3v) is 21.6. The predicted molar refractivity (Wildman–Crippen MR) is 409 cm³/mol. The van der Waals surface area contributed by atoms with Crippen LogP contribution in [-0.2, 0) is 108 Å². The van der Waals surface area contributed by atoms with Crippen molar-refractivity contribution in [2.24, 2.45) is 0 Å². The number of methoxy groups -OCH3 is 1. The molecule has 12 bridgehead atoms. The Balaban J connectivity index is 1.09. The summed E-state index contributed by atoms with van der Waals surface area (Å²) in [6, 6.07) is 14.1. The quantitative estimate of drug-likeness (QED) is 0.0799. The highest BCUT2D eigenvalue weighted by atomic mass is 19.1. The van der Waals surface area contributed by atoms with E-state index in [-0.39, 0.29) is 96.4 Å². The lowest BCUT2D eigenvalue weighted by atomic mass is 9.94. The van der Waals surface area contributed by atoms with Gasteiger partial charge in [-0.2, -0.15) is 0 Å². The number of ether oxygens (including phenoxy) is 2. The lowest BCUT2D eigenvalue weighted by molar-refractivity contribution is -0.156.